The molecule has 26 heavy (non-hydrogen) atoms. The third-order valence-corrected chi connectivity index (χ3v) is 4.96. The van der Waals surface area contributed by atoms with E-state index in [0.717, 1.165) is 70.3 Å². The number of carbonyl (C=O) groups is 1. The van der Waals surface area contributed by atoms with Crippen LogP contribution in [-0.4, -0.2) is 84.1 Å². The number of aromatic nitrogens is 1. The summed E-state index contributed by atoms with van der Waals surface area (Å²) in [6, 6.07) is 1.83. The Bertz CT molecular complexity index is 575. The van der Waals surface area contributed by atoms with Crippen molar-refractivity contribution in [3.8, 4) is 0 Å². The molecule has 0 spiro atoms. The van der Waals surface area contributed by atoms with Crippen LogP contribution >= 0.6 is 0 Å². The zero-order chi connectivity index (χ0) is 18.2. The summed E-state index contributed by atoms with van der Waals surface area (Å²) in [5, 5.41) is 7.25. The van der Waals surface area contributed by atoms with Crippen molar-refractivity contribution in [3.05, 3.63) is 18.0 Å². The van der Waals surface area contributed by atoms with Crippen molar-refractivity contribution in [2.45, 2.75) is 32.7 Å². The van der Waals surface area contributed by atoms with E-state index in [-0.39, 0.29) is 5.91 Å². The van der Waals surface area contributed by atoms with E-state index in [1.54, 1.807) is 6.26 Å². The van der Waals surface area contributed by atoms with Crippen LogP contribution < -0.4 is 5.32 Å². The zero-order valence-electron chi connectivity index (χ0n) is 15.7. The van der Waals surface area contributed by atoms with Gasteiger partial charge in [0.25, 0.3) is 0 Å². The Morgan fingerprint density at radius 3 is 2.58 bits per heavy atom. The third kappa shape index (κ3) is 5.20. The highest BCUT2D eigenvalue weighted by Gasteiger charge is 2.24. The molecule has 3 heterocycles. The number of likely N-dealkylation sites (tertiary alicyclic amines) is 1. The SMILES string of the molecule is CCNC(=NCc1ccon1)N1CCN(CC(=O)N2CCCCC2)CC1. The summed E-state index contributed by atoms with van der Waals surface area (Å²) in [6.45, 7) is 9.31. The monoisotopic (exact) mass is 362 g/mol. The van der Waals surface area contributed by atoms with Crippen molar-refractivity contribution >= 4 is 11.9 Å². The number of hydrogen-bond donors (Lipinski definition) is 1. The minimum atomic E-state index is 0.282. The summed E-state index contributed by atoms with van der Waals surface area (Å²) in [6.07, 6.45) is 5.11. The molecule has 8 heteroatoms. The molecule has 0 saturated carbocycles. The van der Waals surface area contributed by atoms with Crippen molar-refractivity contribution in [1.29, 1.82) is 0 Å². The van der Waals surface area contributed by atoms with E-state index in [1.165, 1.54) is 6.42 Å². The number of hydrogen-bond acceptors (Lipinski definition) is 5. The van der Waals surface area contributed by atoms with Gasteiger partial charge in [0.05, 0.1) is 13.1 Å². The van der Waals surface area contributed by atoms with Crippen LogP contribution in [0.15, 0.2) is 21.8 Å². The molecule has 2 aliphatic rings. The first-order valence-electron chi connectivity index (χ1n) is 9.69. The molecule has 0 aliphatic carbocycles. The normalized spacial score (nSPS) is 19.7. The molecule has 1 aromatic rings. The van der Waals surface area contributed by atoms with Crippen molar-refractivity contribution in [3.63, 3.8) is 0 Å². The van der Waals surface area contributed by atoms with Gasteiger partial charge in [0, 0.05) is 51.9 Å². The van der Waals surface area contributed by atoms with Crippen LogP contribution in [0.2, 0.25) is 0 Å². The molecule has 0 radical (unpaired) electrons. The number of nitrogens with zero attached hydrogens (tertiary/aromatic N) is 5. The van der Waals surface area contributed by atoms with Crippen LogP contribution in [0, 0.1) is 0 Å². The standard InChI is InChI=1S/C18H30N6O2/c1-2-19-18(20-14-16-6-13-26-21-16)24-11-9-22(10-12-24)15-17(25)23-7-4-3-5-8-23/h6,13H,2-5,7-12,14-15H2,1H3,(H,19,20). The molecule has 0 bridgehead atoms. The summed E-state index contributed by atoms with van der Waals surface area (Å²) in [7, 11) is 0. The number of carbonyl (C=O) groups excluding carboxylic acids is 1. The number of piperazine rings is 1. The largest absolute Gasteiger partial charge is 0.364 e. The van der Waals surface area contributed by atoms with E-state index in [2.05, 4.69) is 32.2 Å². The lowest BCUT2D eigenvalue weighted by Crippen LogP contribution is -2.54. The molecule has 2 saturated heterocycles. The van der Waals surface area contributed by atoms with Crippen molar-refractivity contribution in [2.24, 2.45) is 4.99 Å². The predicted octanol–water partition coefficient (Wildman–Crippen LogP) is 0.770. The van der Waals surface area contributed by atoms with Gasteiger partial charge < -0.3 is 19.6 Å². The molecule has 1 aromatic heterocycles. The van der Waals surface area contributed by atoms with Gasteiger partial charge in [0.15, 0.2) is 5.96 Å². The fourth-order valence-electron chi connectivity index (χ4n) is 3.45. The highest BCUT2D eigenvalue weighted by atomic mass is 16.5. The van der Waals surface area contributed by atoms with Gasteiger partial charge in [-0.3, -0.25) is 9.69 Å². The van der Waals surface area contributed by atoms with Gasteiger partial charge in [-0.1, -0.05) is 5.16 Å². The quantitative estimate of drug-likeness (QED) is 0.616. The molecule has 1 N–H and O–H groups in total. The fourth-order valence-corrected chi connectivity index (χ4v) is 3.45. The van der Waals surface area contributed by atoms with Crippen LogP contribution in [0.25, 0.3) is 0 Å². The number of nitrogens with one attached hydrogen (secondary N) is 1. The maximum Gasteiger partial charge on any atom is 0.236 e. The molecule has 3 rings (SSSR count). The summed E-state index contributed by atoms with van der Waals surface area (Å²) in [4.78, 5) is 23.6. The van der Waals surface area contributed by atoms with Gasteiger partial charge in [-0.05, 0) is 26.2 Å². The number of piperidine rings is 1. The molecule has 8 nitrogen and oxygen atoms in total. The average molecular weight is 362 g/mol. The van der Waals surface area contributed by atoms with Crippen LogP contribution in [0.1, 0.15) is 31.9 Å². The number of guanidine groups is 1. The van der Waals surface area contributed by atoms with Crippen LogP contribution in [0.3, 0.4) is 0 Å². The van der Waals surface area contributed by atoms with Crippen molar-refractivity contribution < 1.29 is 9.32 Å². The van der Waals surface area contributed by atoms with E-state index in [4.69, 9.17) is 4.52 Å². The molecule has 2 aliphatic heterocycles. The van der Waals surface area contributed by atoms with Crippen LogP contribution in [0.5, 0.6) is 0 Å². The lowest BCUT2D eigenvalue weighted by Gasteiger charge is -2.37. The second-order valence-corrected chi connectivity index (χ2v) is 6.87. The molecule has 0 aromatic carbocycles. The van der Waals surface area contributed by atoms with Gasteiger partial charge in [0.2, 0.25) is 5.91 Å². The fraction of sp³-hybridized carbons (Fsp3) is 0.722. The Hall–Kier alpha value is -2.09. The highest BCUT2D eigenvalue weighted by Crippen LogP contribution is 2.10. The van der Waals surface area contributed by atoms with E-state index < -0.39 is 0 Å². The minimum Gasteiger partial charge on any atom is -0.364 e. The molecular formula is C18H30N6O2. The molecule has 144 valence electrons. The molecule has 0 atom stereocenters. The average Bonchev–Trinajstić information content (AvgIpc) is 3.20. The Balaban J connectivity index is 1.47. The van der Waals surface area contributed by atoms with Crippen molar-refractivity contribution in [2.75, 3.05) is 52.4 Å². The molecular weight excluding hydrogens is 332 g/mol. The lowest BCUT2D eigenvalue weighted by molar-refractivity contribution is -0.133. The Morgan fingerprint density at radius 2 is 1.92 bits per heavy atom. The number of amides is 1. The lowest BCUT2D eigenvalue weighted by atomic mass is 10.1. The van der Waals surface area contributed by atoms with Gasteiger partial charge in [-0.2, -0.15) is 0 Å². The summed E-state index contributed by atoms with van der Waals surface area (Å²) < 4.78 is 4.86. The maximum absolute atomic E-state index is 12.4. The smallest absolute Gasteiger partial charge is 0.236 e. The van der Waals surface area contributed by atoms with Gasteiger partial charge in [-0.15, -0.1) is 0 Å². The van der Waals surface area contributed by atoms with Crippen LogP contribution in [-0.2, 0) is 11.3 Å². The van der Waals surface area contributed by atoms with Crippen LogP contribution in [0.4, 0.5) is 0 Å². The predicted molar refractivity (Wildman–Crippen MR) is 99.8 cm³/mol. The first-order chi connectivity index (χ1) is 12.8. The third-order valence-electron chi connectivity index (χ3n) is 4.96. The first-order valence-corrected chi connectivity index (χ1v) is 9.69. The Kier molecular flexibility index (Phi) is 6.88. The number of aliphatic imine (C=N–C) groups is 1. The van der Waals surface area contributed by atoms with E-state index in [9.17, 15) is 4.79 Å². The number of rotatable bonds is 5. The van der Waals surface area contributed by atoms with Gasteiger partial charge in [-0.25, -0.2) is 4.99 Å². The maximum atomic E-state index is 12.4. The molecule has 1 amide bonds. The topological polar surface area (TPSA) is 77.2 Å². The summed E-state index contributed by atoms with van der Waals surface area (Å²) >= 11 is 0. The zero-order valence-corrected chi connectivity index (χ0v) is 15.7. The summed E-state index contributed by atoms with van der Waals surface area (Å²) in [5.74, 6) is 1.18. The van der Waals surface area contributed by atoms with E-state index in [1.807, 2.05) is 11.0 Å². The second kappa shape index (κ2) is 9.56. The molecule has 0 unspecified atom stereocenters. The van der Waals surface area contributed by atoms with Crippen molar-refractivity contribution in [1.82, 2.24) is 25.2 Å². The summed E-state index contributed by atoms with van der Waals surface area (Å²) in [5.41, 5.74) is 0.825. The second-order valence-electron chi connectivity index (χ2n) is 6.87. The minimum absolute atomic E-state index is 0.282. The van der Waals surface area contributed by atoms with E-state index >= 15 is 0 Å². The molecule has 2 fully saturated rings. The highest BCUT2D eigenvalue weighted by molar-refractivity contribution is 5.80. The van der Waals surface area contributed by atoms with Gasteiger partial charge in [0.1, 0.15) is 12.0 Å². The first kappa shape index (κ1) is 18.7. The van der Waals surface area contributed by atoms with E-state index in [0.29, 0.717) is 13.1 Å². The van der Waals surface area contributed by atoms with Gasteiger partial charge >= 0.3 is 0 Å². The Labute approximate surface area is 155 Å². The Morgan fingerprint density at radius 1 is 1.15 bits per heavy atom.